The molecule has 4 nitrogen and oxygen atoms in total. The zero-order chi connectivity index (χ0) is 20.3. The van der Waals surface area contributed by atoms with Gasteiger partial charge in [-0.2, -0.15) is 0 Å². The molecule has 1 unspecified atom stereocenters. The number of carbonyl (C=O) groups excluding carboxylic acids is 2. The van der Waals surface area contributed by atoms with Crippen LogP contribution in [0, 0.1) is 5.92 Å². The Hall–Kier alpha value is -1.82. The van der Waals surface area contributed by atoms with E-state index in [9.17, 15) is 9.59 Å². The lowest BCUT2D eigenvalue weighted by Crippen LogP contribution is -2.15. The van der Waals surface area contributed by atoms with Gasteiger partial charge in [-0.1, -0.05) is 42.6 Å². The molecule has 1 aliphatic rings. The van der Waals surface area contributed by atoms with Gasteiger partial charge in [-0.3, -0.25) is 4.79 Å². The Labute approximate surface area is 178 Å². The predicted molar refractivity (Wildman–Crippen MR) is 116 cm³/mol. The molecule has 148 valence electrons. The van der Waals surface area contributed by atoms with Gasteiger partial charge in [0.2, 0.25) is 5.91 Å². The van der Waals surface area contributed by atoms with Crippen molar-refractivity contribution in [3.05, 3.63) is 55.9 Å². The van der Waals surface area contributed by atoms with Crippen LogP contribution in [0.1, 0.15) is 46.1 Å². The summed E-state index contributed by atoms with van der Waals surface area (Å²) in [6.07, 6.45) is 7.00. The fourth-order valence-corrected chi connectivity index (χ4v) is 5.01. The van der Waals surface area contributed by atoms with Gasteiger partial charge in [0.25, 0.3) is 0 Å². The molecule has 0 saturated carbocycles. The number of halogens is 2. The van der Waals surface area contributed by atoms with Crippen molar-refractivity contribution in [1.82, 2.24) is 0 Å². The number of hydrogen-bond donors (Lipinski definition) is 1. The summed E-state index contributed by atoms with van der Waals surface area (Å²) >= 11 is 13.4. The summed E-state index contributed by atoms with van der Waals surface area (Å²) in [4.78, 5) is 25.9. The van der Waals surface area contributed by atoms with Gasteiger partial charge < -0.3 is 10.1 Å². The highest BCUT2D eigenvalue weighted by Gasteiger charge is 2.29. The standard InChI is InChI=1S/C21H21Cl2NO3S/c1-3-12-4-7-14-17(11-12)28-20(19(14)21(26)27-2)24-18(25)9-6-13-5-8-15(22)16(23)10-13/h5-6,8-10,12H,3-4,7,11H2,1-2H3,(H,24,25)/b9-6+. The second kappa shape index (κ2) is 9.12. The Kier molecular flexibility index (Phi) is 6.81. The third-order valence-corrected chi connectivity index (χ3v) is 6.85. The van der Waals surface area contributed by atoms with Crippen molar-refractivity contribution in [2.24, 2.45) is 5.92 Å². The Morgan fingerprint density at radius 1 is 1.32 bits per heavy atom. The van der Waals surface area contributed by atoms with Crippen molar-refractivity contribution in [1.29, 1.82) is 0 Å². The number of fused-ring (bicyclic) bond motifs is 1. The molecule has 0 radical (unpaired) electrons. The number of benzene rings is 1. The van der Waals surface area contributed by atoms with Gasteiger partial charge in [0.15, 0.2) is 0 Å². The third kappa shape index (κ3) is 4.59. The van der Waals surface area contributed by atoms with E-state index in [2.05, 4.69) is 12.2 Å². The average molecular weight is 438 g/mol. The van der Waals surface area contributed by atoms with E-state index in [1.807, 2.05) is 0 Å². The van der Waals surface area contributed by atoms with E-state index < -0.39 is 5.97 Å². The molecule has 0 aliphatic heterocycles. The van der Waals surface area contributed by atoms with Gasteiger partial charge in [-0.05, 0) is 54.5 Å². The van der Waals surface area contributed by atoms with Crippen molar-refractivity contribution < 1.29 is 14.3 Å². The highest BCUT2D eigenvalue weighted by molar-refractivity contribution is 7.17. The zero-order valence-electron chi connectivity index (χ0n) is 15.7. The number of rotatable bonds is 5. The average Bonchev–Trinajstić information content (AvgIpc) is 3.04. The lowest BCUT2D eigenvalue weighted by Gasteiger charge is -2.20. The monoisotopic (exact) mass is 437 g/mol. The van der Waals surface area contributed by atoms with Crippen LogP contribution in [0.2, 0.25) is 10.0 Å². The normalized spacial score (nSPS) is 16.1. The van der Waals surface area contributed by atoms with Gasteiger partial charge in [0.05, 0.1) is 22.7 Å². The summed E-state index contributed by atoms with van der Waals surface area (Å²) in [5.74, 6) is -0.104. The second-order valence-electron chi connectivity index (χ2n) is 6.71. The maximum atomic E-state index is 12.4. The molecular formula is C21H21Cl2NO3S. The quantitative estimate of drug-likeness (QED) is 0.460. The summed E-state index contributed by atoms with van der Waals surface area (Å²) in [5.41, 5.74) is 2.27. The van der Waals surface area contributed by atoms with Crippen LogP contribution in [-0.2, 0) is 22.4 Å². The third-order valence-electron chi connectivity index (χ3n) is 4.94. The number of esters is 1. The SMILES string of the molecule is CCC1CCc2c(sc(NC(=O)/C=C/c3ccc(Cl)c(Cl)c3)c2C(=O)OC)C1. The number of amides is 1. The first-order valence-corrected chi connectivity index (χ1v) is 10.7. The smallest absolute Gasteiger partial charge is 0.341 e. The lowest BCUT2D eigenvalue weighted by molar-refractivity contribution is -0.111. The Morgan fingerprint density at radius 2 is 2.11 bits per heavy atom. The van der Waals surface area contributed by atoms with Crippen LogP contribution >= 0.6 is 34.5 Å². The van der Waals surface area contributed by atoms with E-state index in [4.69, 9.17) is 27.9 Å². The van der Waals surface area contributed by atoms with E-state index in [0.29, 0.717) is 26.5 Å². The Balaban J connectivity index is 1.81. The molecule has 7 heteroatoms. The summed E-state index contributed by atoms with van der Waals surface area (Å²) in [7, 11) is 1.36. The fourth-order valence-electron chi connectivity index (χ4n) is 3.35. The van der Waals surface area contributed by atoms with E-state index in [-0.39, 0.29) is 5.91 Å². The maximum absolute atomic E-state index is 12.4. The largest absolute Gasteiger partial charge is 0.465 e. The first-order valence-electron chi connectivity index (χ1n) is 9.09. The van der Waals surface area contributed by atoms with Gasteiger partial charge in [-0.15, -0.1) is 11.3 Å². The van der Waals surface area contributed by atoms with Gasteiger partial charge in [0, 0.05) is 11.0 Å². The molecule has 2 aromatic rings. The van der Waals surface area contributed by atoms with Crippen LogP contribution in [0.25, 0.3) is 6.08 Å². The van der Waals surface area contributed by atoms with Crippen molar-refractivity contribution in [3.63, 3.8) is 0 Å². The molecule has 28 heavy (non-hydrogen) atoms. The molecule has 1 N–H and O–H groups in total. The lowest BCUT2D eigenvalue weighted by atomic mass is 9.86. The fraction of sp³-hybridized carbons (Fsp3) is 0.333. The molecule has 0 saturated heterocycles. The highest BCUT2D eigenvalue weighted by atomic mass is 35.5. The number of thiophene rings is 1. The van der Waals surface area contributed by atoms with Crippen LogP contribution in [0.4, 0.5) is 5.00 Å². The Morgan fingerprint density at radius 3 is 2.79 bits per heavy atom. The molecule has 3 rings (SSSR count). The number of ether oxygens (including phenoxy) is 1. The zero-order valence-corrected chi connectivity index (χ0v) is 18.0. The van der Waals surface area contributed by atoms with E-state index in [0.717, 1.165) is 36.8 Å². The molecular weight excluding hydrogens is 417 g/mol. The van der Waals surface area contributed by atoms with Crippen molar-refractivity contribution in [3.8, 4) is 0 Å². The molecule has 0 spiro atoms. The summed E-state index contributed by atoms with van der Waals surface area (Å²) in [6.45, 7) is 2.18. The van der Waals surface area contributed by atoms with E-state index in [1.54, 1.807) is 24.3 Å². The van der Waals surface area contributed by atoms with Crippen molar-refractivity contribution in [2.75, 3.05) is 12.4 Å². The maximum Gasteiger partial charge on any atom is 0.341 e. The van der Waals surface area contributed by atoms with Crippen molar-refractivity contribution >= 4 is 57.5 Å². The second-order valence-corrected chi connectivity index (χ2v) is 8.63. The van der Waals surface area contributed by atoms with Crippen LogP contribution in [-0.4, -0.2) is 19.0 Å². The number of carbonyl (C=O) groups is 2. The van der Waals surface area contributed by atoms with E-state index in [1.165, 1.54) is 29.4 Å². The molecule has 1 aromatic heterocycles. The highest BCUT2D eigenvalue weighted by Crippen LogP contribution is 2.40. The topological polar surface area (TPSA) is 55.4 Å². The minimum Gasteiger partial charge on any atom is -0.465 e. The molecule has 1 heterocycles. The number of anilines is 1. The van der Waals surface area contributed by atoms with Crippen LogP contribution in [0.5, 0.6) is 0 Å². The predicted octanol–water partition coefficient (Wildman–Crippen LogP) is 6.01. The van der Waals surface area contributed by atoms with Gasteiger partial charge in [0.1, 0.15) is 5.00 Å². The molecule has 0 bridgehead atoms. The van der Waals surface area contributed by atoms with Crippen LogP contribution in [0.3, 0.4) is 0 Å². The number of hydrogen-bond acceptors (Lipinski definition) is 4. The molecule has 1 amide bonds. The first-order chi connectivity index (χ1) is 13.4. The Bertz CT molecular complexity index is 936. The molecule has 0 fully saturated rings. The van der Waals surface area contributed by atoms with Crippen molar-refractivity contribution in [2.45, 2.75) is 32.6 Å². The van der Waals surface area contributed by atoms with E-state index >= 15 is 0 Å². The van der Waals surface area contributed by atoms with Gasteiger partial charge >= 0.3 is 5.97 Å². The number of nitrogens with one attached hydrogen (secondary N) is 1. The molecule has 1 atom stereocenters. The minimum atomic E-state index is -0.406. The summed E-state index contributed by atoms with van der Waals surface area (Å²) in [5, 5.41) is 4.28. The minimum absolute atomic E-state index is 0.318. The molecule has 1 aliphatic carbocycles. The summed E-state index contributed by atoms with van der Waals surface area (Å²) < 4.78 is 4.96. The van der Waals surface area contributed by atoms with Crippen LogP contribution in [0.15, 0.2) is 24.3 Å². The first kappa shape index (κ1) is 20.9. The van der Waals surface area contributed by atoms with Gasteiger partial charge in [-0.25, -0.2) is 4.79 Å². The van der Waals surface area contributed by atoms with Crippen LogP contribution < -0.4 is 5.32 Å². The molecule has 1 aromatic carbocycles. The number of methoxy groups -OCH3 is 1. The summed E-state index contributed by atoms with van der Waals surface area (Å²) in [6, 6.07) is 5.13.